The first-order valence-corrected chi connectivity index (χ1v) is 5.63. The predicted octanol–water partition coefficient (Wildman–Crippen LogP) is 0.985. The molecule has 0 spiro atoms. The van der Waals surface area contributed by atoms with Crippen LogP contribution in [0.25, 0.3) is 0 Å². The zero-order chi connectivity index (χ0) is 10.7. The van der Waals surface area contributed by atoms with Gasteiger partial charge < -0.3 is 15.1 Å². The second kappa shape index (κ2) is 4.77. The summed E-state index contributed by atoms with van der Waals surface area (Å²) in [5.41, 5.74) is 5.45. The van der Waals surface area contributed by atoms with Gasteiger partial charge in [-0.25, -0.2) is 4.98 Å². The first-order valence-electron chi connectivity index (χ1n) is 5.63. The molecule has 0 aromatic carbocycles. The van der Waals surface area contributed by atoms with Crippen molar-refractivity contribution in [2.45, 2.75) is 25.2 Å². The van der Waals surface area contributed by atoms with Crippen molar-refractivity contribution >= 4 is 0 Å². The summed E-state index contributed by atoms with van der Waals surface area (Å²) in [7, 11) is 2.14. The van der Waals surface area contributed by atoms with Gasteiger partial charge in [-0.15, -0.1) is 0 Å². The Morgan fingerprint density at radius 3 is 3.20 bits per heavy atom. The van der Waals surface area contributed by atoms with E-state index in [-0.39, 0.29) is 0 Å². The Balaban J connectivity index is 1.94. The lowest BCUT2D eigenvalue weighted by molar-refractivity contribution is 0.383. The Kier molecular flexibility index (Phi) is 3.38. The van der Waals surface area contributed by atoms with Gasteiger partial charge in [0.05, 0.1) is 6.20 Å². The highest BCUT2D eigenvalue weighted by atomic mass is 16.4. The minimum absolute atomic E-state index is 0.488. The summed E-state index contributed by atoms with van der Waals surface area (Å²) in [6, 6.07) is 0. The van der Waals surface area contributed by atoms with Gasteiger partial charge in [-0.1, -0.05) is 0 Å². The van der Waals surface area contributed by atoms with Crippen molar-refractivity contribution in [3.8, 4) is 0 Å². The molecule has 0 bridgehead atoms. The highest BCUT2D eigenvalue weighted by Gasteiger charge is 2.24. The minimum Gasteiger partial charge on any atom is -0.445 e. The molecule has 1 aliphatic rings. The van der Waals surface area contributed by atoms with E-state index < -0.39 is 0 Å². The average Bonchev–Trinajstić information content (AvgIpc) is 2.83. The van der Waals surface area contributed by atoms with Gasteiger partial charge in [0, 0.05) is 18.9 Å². The first kappa shape index (κ1) is 10.6. The normalized spacial score (nSPS) is 22.4. The maximum atomic E-state index is 5.72. The molecule has 2 rings (SSSR count). The fraction of sp³-hybridized carbons (Fsp3) is 0.727. The van der Waals surface area contributed by atoms with Crippen molar-refractivity contribution in [3.05, 3.63) is 17.8 Å². The molecule has 1 aromatic rings. The molecule has 2 N–H and O–H groups in total. The van der Waals surface area contributed by atoms with Gasteiger partial charge in [0.1, 0.15) is 5.76 Å². The van der Waals surface area contributed by atoms with Crippen LogP contribution >= 0.6 is 0 Å². The fourth-order valence-electron chi connectivity index (χ4n) is 2.04. The van der Waals surface area contributed by atoms with Crippen molar-refractivity contribution in [1.29, 1.82) is 0 Å². The summed E-state index contributed by atoms with van der Waals surface area (Å²) in [5.74, 6) is 2.37. The van der Waals surface area contributed by atoms with E-state index in [1.54, 1.807) is 0 Å². The Labute approximate surface area is 90.5 Å². The standard InChI is InChI=1S/C11H19N3O/c1-14-6-4-9(8-14)11-13-7-10(15-11)3-2-5-12/h7,9H,2-6,8,12H2,1H3. The molecule has 2 heterocycles. The zero-order valence-corrected chi connectivity index (χ0v) is 9.28. The highest BCUT2D eigenvalue weighted by Crippen LogP contribution is 2.25. The molecule has 15 heavy (non-hydrogen) atoms. The number of likely N-dealkylation sites (N-methyl/N-ethyl adjacent to an activating group) is 1. The second-order valence-electron chi connectivity index (χ2n) is 4.30. The van der Waals surface area contributed by atoms with E-state index in [0.717, 1.165) is 44.0 Å². The predicted molar refractivity (Wildman–Crippen MR) is 58.7 cm³/mol. The van der Waals surface area contributed by atoms with Gasteiger partial charge in [-0.2, -0.15) is 0 Å². The van der Waals surface area contributed by atoms with E-state index in [1.165, 1.54) is 0 Å². The van der Waals surface area contributed by atoms with Crippen molar-refractivity contribution in [2.24, 2.45) is 5.73 Å². The first-order chi connectivity index (χ1) is 7.29. The van der Waals surface area contributed by atoms with Crippen molar-refractivity contribution in [3.63, 3.8) is 0 Å². The summed E-state index contributed by atoms with van der Waals surface area (Å²) in [5, 5.41) is 0. The molecule has 4 nitrogen and oxygen atoms in total. The second-order valence-corrected chi connectivity index (χ2v) is 4.30. The number of nitrogens with two attached hydrogens (primary N) is 1. The average molecular weight is 209 g/mol. The Morgan fingerprint density at radius 1 is 1.67 bits per heavy atom. The number of oxazole rings is 1. The summed E-state index contributed by atoms with van der Waals surface area (Å²) >= 11 is 0. The third-order valence-corrected chi connectivity index (χ3v) is 2.94. The van der Waals surface area contributed by atoms with E-state index in [4.69, 9.17) is 10.2 Å². The molecule has 1 fully saturated rings. The molecule has 0 radical (unpaired) electrons. The third-order valence-electron chi connectivity index (χ3n) is 2.94. The molecule has 4 heteroatoms. The van der Waals surface area contributed by atoms with Gasteiger partial charge >= 0.3 is 0 Å². The van der Waals surface area contributed by atoms with Crippen LogP contribution in [0.3, 0.4) is 0 Å². The largest absolute Gasteiger partial charge is 0.445 e. The van der Waals surface area contributed by atoms with Crippen LogP contribution in [0.4, 0.5) is 0 Å². The molecular weight excluding hydrogens is 190 g/mol. The number of rotatable bonds is 4. The molecule has 1 atom stereocenters. The summed E-state index contributed by atoms with van der Waals surface area (Å²) in [6.45, 7) is 2.92. The van der Waals surface area contributed by atoms with Gasteiger partial charge in [-0.3, -0.25) is 0 Å². The fourth-order valence-corrected chi connectivity index (χ4v) is 2.04. The van der Waals surface area contributed by atoms with Crippen molar-refractivity contribution < 1.29 is 4.42 Å². The molecule has 0 aliphatic carbocycles. The minimum atomic E-state index is 0.488. The van der Waals surface area contributed by atoms with Gasteiger partial charge in [0.2, 0.25) is 0 Å². The number of nitrogens with zero attached hydrogens (tertiary/aromatic N) is 2. The van der Waals surface area contributed by atoms with Crippen LogP contribution in [0.5, 0.6) is 0 Å². The summed E-state index contributed by atoms with van der Waals surface area (Å²) in [6.07, 6.45) is 4.89. The summed E-state index contributed by atoms with van der Waals surface area (Å²) < 4.78 is 5.72. The zero-order valence-electron chi connectivity index (χ0n) is 9.28. The number of aromatic nitrogens is 1. The van der Waals surface area contributed by atoms with E-state index >= 15 is 0 Å². The lowest BCUT2D eigenvalue weighted by Crippen LogP contribution is -2.13. The van der Waals surface area contributed by atoms with Crippen LogP contribution in [0.1, 0.15) is 30.4 Å². The quantitative estimate of drug-likeness (QED) is 0.803. The molecule has 1 aliphatic heterocycles. The van der Waals surface area contributed by atoms with Crippen molar-refractivity contribution in [1.82, 2.24) is 9.88 Å². The number of aryl methyl sites for hydroxylation is 1. The SMILES string of the molecule is CN1CCC(c2ncc(CCCN)o2)C1. The van der Waals surface area contributed by atoms with Crippen LogP contribution in [-0.2, 0) is 6.42 Å². The van der Waals surface area contributed by atoms with Crippen LogP contribution < -0.4 is 5.73 Å². The van der Waals surface area contributed by atoms with E-state index in [0.29, 0.717) is 12.5 Å². The number of hydrogen-bond donors (Lipinski definition) is 1. The molecule has 0 amide bonds. The molecular formula is C11H19N3O. The van der Waals surface area contributed by atoms with E-state index in [9.17, 15) is 0 Å². The van der Waals surface area contributed by atoms with Crippen molar-refractivity contribution in [2.75, 3.05) is 26.7 Å². The molecule has 1 aromatic heterocycles. The van der Waals surface area contributed by atoms with Gasteiger partial charge in [-0.05, 0) is 33.0 Å². The smallest absolute Gasteiger partial charge is 0.198 e. The molecule has 84 valence electrons. The van der Waals surface area contributed by atoms with Crippen LogP contribution in [0.15, 0.2) is 10.6 Å². The van der Waals surface area contributed by atoms with Crippen LogP contribution in [-0.4, -0.2) is 36.6 Å². The third kappa shape index (κ3) is 2.58. The van der Waals surface area contributed by atoms with E-state index in [1.807, 2.05) is 6.20 Å². The topological polar surface area (TPSA) is 55.3 Å². The Morgan fingerprint density at radius 2 is 2.53 bits per heavy atom. The number of hydrogen-bond acceptors (Lipinski definition) is 4. The van der Waals surface area contributed by atoms with E-state index in [2.05, 4.69) is 16.9 Å². The van der Waals surface area contributed by atoms with Crippen LogP contribution in [0, 0.1) is 0 Å². The monoisotopic (exact) mass is 209 g/mol. The number of likely N-dealkylation sites (tertiary alicyclic amines) is 1. The van der Waals surface area contributed by atoms with Gasteiger partial charge in [0.25, 0.3) is 0 Å². The maximum Gasteiger partial charge on any atom is 0.198 e. The molecule has 0 saturated carbocycles. The van der Waals surface area contributed by atoms with Gasteiger partial charge in [0.15, 0.2) is 5.89 Å². The van der Waals surface area contributed by atoms with Crippen LogP contribution in [0.2, 0.25) is 0 Å². The lowest BCUT2D eigenvalue weighted by atomic mass is 10.1. The maximum absolute atomic E-state index is 5.72. The Bertz CT molecular complexity index is 311. The molecule has 1 saturated heterocycles. The highest BCUT2D eigenvalue weighted by molar-refractivity contribution is 5.02. The lowest BCUT2D eigenvalue weighted by Gasteiger charge is -2.06. The molecule has 1 unspecified atom stereocenters. The summed E-state index contributed by atoms with van der Waals surface area (Å²) in [4.78, 5) is 6.67. The Hall–Kier alpha value is -0.870.